The summed E-state index contributed by atoms with van der Waals surface area (Å²) in [5.41, 5.74) is 0. The number of hydrogen-bond donors (Lipinski definition) is 1. The molecule has 0 saturated heterocycles. The van der Waals surface area contributed by atoms with Crippen LogP contribution in [0.15, 0.2) is 0 Å². The molecule has 3 rings (SSSR count). The quantitative estimate of drug-likeness (QED) is 0.706. The Morgan fingerprint density at radius 2 is 2.23 bits per heavy atom. The zero-order valence-electron chi connectivity index (χ0n) is 7.82. The number of aromatic nitrogens is 3. The summed E-state index contributed by atoms with van der Waals surface area (Å²) in [5.74, 6) is 2.73. The van der Waals surface area contributed by atoms with Crippen LogP contribution in [0, 0.1) is 12.8 Å². The molecule has 0 spiro atoms. The van der Waals surface area contributed by atoms with Gasteiger partial charge in [-0.3, -0.25) is 0 Å². The molecule has 0 radical (unpaired) electrons. The Labute approximate surface area is 77.4 Å². The highest BCUT2D eigenvalue weighted by molar-refractivity contribution is 5.28. The van der Waals surface area contributed by atoms with Crippen LogP contribution in [-0.2, 0) is 0 Å². The van der Waals surface area contributed by atoms with E-state index in [9.17, 15) is 0 Å². The first kappa shape index (κ1) is 7.35. The van der Waals surface area contributed by atoms with Crippen molar-refractivity contribution in [1.29, 1.82) is 0 Å². The van der Waals surface area contributed by atoms with E-state index in [2.05, 4.69) is 20.1 Å². The van der Waals surface area contributed by atoms with Gasteiger partial charge < -0.3 is 5.32 Å². The fourth-order valence-corrected chi connectivity index (χ4v) is 2.15. The van der Waals surface area contributed by atoms with Crippen LogP contribution in [0.25, 0.3) is 0 Å². The molecule has 1 aromatic heterocycles. The molecule has 0 aromatic carbocycles. The number of nitrogens with one attached hydrogen (secondary N) is 1. The van der Waals surface area contributed by atoms with Crippen molar-refractivity contribution >= 4 is 5.95 Å². The van der Waals surface area contributed by atoms with Crippen molar-refractivity contribution in [1.82, 2.24) is 14.8 Å². The van der Waals surface area contributed by atoms with E-state index >= 15 is 0 Å². The SMILES string of the molecule is Cc1nc2n(n1)C(C1CC1)CCN2. The first-order valence-electron chi connectivity index (χ1n) is 5.01. The molecule has 70 valence electrons. The third kappa shape index (κ3) is 1.12. The van der Waals surface area contributed by atoms with Gasteiger partial charge in [-0.15, -0.1) is 0 Å². The second-order valence-corrected chi connectivity index (χ2v) is 4.05. The van der Waals surface area contributed by atoms with Gasteiger partial charge in [-0.25, -0.2) is 4.68 Å². The van der Waals surface area contributed by atoms with E-state index in [1.807, 2.05) is 6.92 Å². The van der Waals surface area contributed by atoms with E-state index in [4.69, 9.17) is 0 Å². The van der Waals surface area contributed by atoms with Crippen LogP contribution in [0.1, 0.15) is 31.1 Å². The molecule has 4 nitrogen and oxygen atoms in total. The van der Waals surface area contributed by atoms with Crippen LogP contribution in [0.3, 0.4) is 0 Å². The maximum absolute atomic E-state index is 4.44. The maximum Gasteiger partial charge on any atom is 0.221 e. The van der Waals surface area contributed by atoms with Gasteiger partial charge in [0.1, 0.15) is 5.82 Å². The van der Waals surface area contributed by atoms with Crippen molar-refractivity contribution in [3.05, 3.63) is 5.82 Å². The molecule has 1 aliphatic heterocycles. The molecule has 1 N–H and O–H groups in total. The smallest absolute Gasteiger partial charge is 0.221 e. The largest absolute Gasteiger partial charge is 0.354 e. The standard InChI is InChI=1S/C9H14N4/c1-6-11-9-10-5-4-8(7-2-3-7)13(9)12-6/h7-8H,2-5H2,1H3,(H,10,11,12). The average Bonchev–Trinajstić information content (AvgIpc) is 2.86. The molecule has 1 fully saturated rings. The van der Waals surface area contributed by atoms with Gasteiger partial charge in [0.05, 0.1) is 6.04 Å². The molecule has 2 aliphatic rings. The summed E-state index contributed by atoms with van der Waals surface area (Å²) >= 11 is 0. The van der Waals surface area contributed by atoms with Crippen molar-refractivity contribution in [3.8, 4) is 0 Å². The monoisotopic (exact) mass is 178 g/mol. The molecule has 0 bridgehead atoms. The summed E-state index contributed by atoms with van der Waals surface area (Å²) in [7, 11) is 0. The Bertz CT molecular complexity index is 326. The minimum atomic E-state index is 0.623. The van der Waals surface area contributed by atoms with E-state index in [1.54, 1.807) is 0 Å². The Balaban J connectivity index is 1.99. The van der Waals surface area contributed by atoms with Crippen LogP contribution < -0.4 is 5.32 Å². The van der Waals surface area contributed by atoms with Gasteiger partial charge in [-0.05, 0) is 32.1 Å². The van der Waals surface area contributed by atoms with Gasteiger partial charge in [0.25, 0.3) is 0 Å². The second-order valence-electron chi connectivity index (χ2n) is 4.05. The molecular weight excluding hydrogens is 164 g/mol. The van der Waals surface area contributed by atoms with E-state index in [0.717, 1.165) is 24.2 Å². The summed E-state index contributed by atoms with van der Waals surface area (Å²) in [5, 5.41) is 7.72. The van der Waals surface area contributed by atoms with Crippen molar-refractivity contribution in [2.24, 2.45) is 5.92 Å². The van der Waals surface area contributed by atoms with Gasteiger partial charge in [-0.1, -0.05) is 0 Å². The fourth-order valence-electron chi connectivity index (χ4n) is 2.15. The summed E-state index contributed by atoms with van der Waals surface area (Å²) in [6.07, 6.45) is 3.96. The fraction of sp³-hybridized carbons (Fsp3) is 0.778. The van der Waals surface area contributed by atoms with E-state index in [1.165, 1.54) is 19.3 Å². The number of nitrogens with zero attached hydrogens (tertiary/aromatic N) is 3. The lowest BCUT2D eigenvalue weighted by molar-refractivity contribution is 0.373. The average molecular weight is 178 g/mol. The lowest BCUT2D eigenvalue weighted by Crippen LogP contribution is -2.25. The van der Waals surface area contributed by atoms with Crippen LogP contribution >= 0.6 is 0 Å². The lowest BCUT2D eigenvalue weighted by Gasteiger charge is -2.23. The number of hydrogen-bond acceptors (Lipinski definition) is 3. The minimum Gasteiger partial charge on any atom is -0.354 e. The topological polar surface area (TPSA) is 42.7 Å². The van der Waals surface area contributed by atoms with Crippen molar-refractivity contribution in [2.75, 3.05) is 11.9 Å². The van der Waals surface area contributed by atoms with Gasteiger partial charge in [-0.2, -0.15) is 10.1 Å². The molecule has 1 atom stereocenters. The molecule has 1 saturated carbocycles. The van der Waals surface area contributed by atoms with Crippen molar-refractivity contribution < 1.29 is 0 Å². The Morgan fingerprint density at radius 1 is 1.38 bits per heavy atom. The minimum absolute atomic E-state index is 0.623. The summed E-state index contributed by atoms with van der Waals surface area (Å²) < 4.78 is 2.09. The number of anilines is 1. The molecule has 1 aliphatic carbocycles. The zero-order valence-corrected chi connectivity index (χ0v) is 7.82. The van der Waals surface area contributed by atoms with Crippen LogP contribution in [0.4, 0.5) is 5.95 Å². The normalized spacial score (nSPS) is 26.7. The first-order valence-corrected chi connectivity index (χ1v) is 5.01. The molecule has 13 heavy (non-hydrogen) atoms. The predicted molar refractivity (Wildman–Crippen MR) is 49.6 cm³/mol. The van der Waals surface area contributed by atoms with Gasteiger partial charge in [0, 0.05) is 6.54 Å². The molecule has 1 aromatic rings. The molecular formula is C9H14N4. The van der Waals surface area contributed by atoms with Crippen LogP contribution in [-0.4, -0.2) is 21.3 Å². The number of aryl methyl sites for hydroxylation is 1. The van der Waals surface area contributed by atoms with E-state index in [0.29, 0.717) is 6.04 Å². The van der Waals surface area contributed by atoms with E-state index < -0.39 is 0 Å². The third-order valence-corrected chi connectivity index (χ3v) is 2.94. The lowest BCUT2D eigenvalue weighted by atomic mass is 10.1. The van der Waals surface area contributed by atoms with Crippen molar-refractivity contribution in [2.45, 2.75) is 32.2 Å². The molecule has 0 amide bonds. The van der Waals surface area contributed by atoms with Crippen LogP contribution in [0.5, 0.6) is 0 Å². The van der Waals surface area contributed by atoms with Crippen LogP contribution in [0.2, 0.25) is 0 Å². The Kier molecular flexibility index (Phi) is 1.39. The molecule has 2 heterocycles. The number of rotatable bonds is 1. The summed E-state index contributed by atoms with van der Waals surface area (Å²) in [6.45, 7) is 3.01. The summed E-state index contributed by atoms with van der Waals surface area (Å²) in [4.78, 5) is 4.35. The first-order chi connectivity index (χ1) is 6.34. The Hall–Kier alpha value is -1.06. The highest BCUT2D eigenvalue weighted by atomic mass is 15.4. The van der Waals surface area contributed by atoms with Gasteiger partial charge in [0.2, 0.25) is 5.95 Å². The molecule has 1 unspecified atom stereocenters. The highest BCUT2D eigenvalue weighted by Gasteiger charge is 2.36. The second kappa shape index (κ2) is 2.47. The summed E-state index contributed by atoms with van der Waals surface area (Å²) in [6, 6.07) is 0.623. The maximum atomic E-state index is 4.44. The predicted octanol–water partition coefficient (Wildman–Crippen LogP) is 1.35. The molecule has 4 heteroatoms. The number of fused-ring (bicyclic) bond motifs is 1. The third-order valence-electron chi connectivity index (χ3n) is 2.94. The van der Waals surface area contributed by atoms with E-state index in [-0.39, 0.29) is 0 Å². The Morgan fingerprint density at radius 3 is 3.00 bits per heavy atom. The van der Waals surface area contributed by atoms with Crippen molar-refractivity contribution in [3.63, 3.8) is 0 Å². The van der Waals surface area contributed by atoms with Gasteiger partial charge in [0.15, 0.2) is 0 Å². The highest BCUT2D eigenvalue weighted by Crippen LogP contribution is 2.43. The van der Waals surface area contributed by atoms with Gasteiger partial charge >= 0.3 is 0 Å². The zero-order chi connectivity index (χ0) is 8.84.